The monoisotopic (exact) mass is 224 g/mol. The number of hydrogen-bond donors (Lipinski definition) is 2. The molecule has 0 aromatic carbocycles. The molecule has 0 aliphatic carbocycles. The number of anilines is 1. The van der Waals surface area contributed by atoms with Gasteiger partial charge in [0, 0.05) is 19.3 Å². The number of rotatable bonds is 6. The Hall–Kier alpha value is -1.13. The third kappa shape index (κ3) is 3.47. The van der Waals surface area contributed by atoms with E-state index >= 15 is 0 Å². The van der Waals surface area contributed by atoms with Gasteiger partial charge in [-0.2, -0.15) is 0 Å². The molecule has 0 fully saturated rings. The Bertz CT molecular complexity index is 292. The van der Waals surface area contributed by atoms with Crippen molar-refractivity contribution in [3.8, 4) is 0 Å². The van der Waals surface area contributed by atoms with Crippen LogP contribution in [-0.4, -0.2) is 34.9 Å². The van der Waals surface area contributed by atoms with Gasteiger partial charge in [0.05, 0.1) is 12.7 Å². The molecule has 0 bridgehead atoms. The van der Waals surface area contributed by atoms with Crippen LogP contribution in [0.15, 0.2) is 18.3 Å². The van der Waals surface area contributed by atoms with Gasteiger partial charge in [-0.05, 0) is 25.0 Å². The van der Waals surface area contributed by atoms with Gasteiger partial charge in [-0.1, -0.05) is 13.0 Å². The number of aromatic nitrogens is 1. The molecule has 0 saturated heterocycles. The normalized spacial score (nSPS) is 12.5. The fourth-order valence-corrected chi connectivity index (χ4v) is 1.56. The third-order valence-corrected chi connectivity index (χ3v) is 2.44. The van der Waals surface area contributed by atoms with Gasteiger partial charge in [0.2, 0.25) is 0 Å². The van der Waals surface area contributed by atoms with E-state index in [1.54, 1.807) is 13.1 Å². The van der Waals surface area contributed by atoms with Crippen LogP contribution >= 0.6 is 0 Å². The summed E-state index contributed by atoms with van der Waals surface area (Å²) in [6.07, 6.45) is 2.21. The maximum absolute atomic E-state index is 9.37. The van der Waals surface area contributed by atoms with E-state index in [1.165, 1.54) is 0 Å². The number of aliphatic hydroxyl groups excluding tert-OH is 2. The van der Waals surface area contributed by atoms with Gasteiger partial charge in [0.15, 0.2) is 0 Å². The highest BCUT2D eigenvalue weighted by molar-refractivity contribution is 5.39. The van der Waals surface area contributed by atoms with E-state index in [2.05, 4.69) is 11.9 Å². The van der Waals surface area contributed by atoms with Gasteiger partial charge in [0.25, 0.3) is 0 Å². The van der Waals surface area contributed by atoms with Crippen molar-refractivity contribution in [2.45, 2.75) is 26.4 Å². The molecule has 1 rings (SSSR count). The molecule has 90 valence electrons. The van der Waals surface area contributed by atoms with E-state index < -0.39 is 6.10 Å². The molecular formula is C12H20N2O2. The molecule has 0 radical (unpaired) electrons. The first-order valence-corrected chi connectivity index (χ1v) is 5.68. The van der Waals surface area contributed by atoms with Crippen molar-refractivity contribution in [3.63, 3.8) is 0 Å². The van der Waals surface area contributed by atoms with Crippen molar-refractivity contribution >= 4 is 5.82 Å². The Morgan fingerprint density at radius 2 is 2.12 bits per heavy atom. The molecule has 0 spiro atoms. The Morgan fingerprint density at radius 3 is 2.56 bits per heavy atom. The summed E-state index contributed by atoms with van der Waals surface area (Å²) in [7, 11) is 0. The SMILES string of the molecule is CCCN(CCO)c1ccc([C@H](C)O)cn1. The summed E-state index contributed by atoms with van der Waals surface area (Å²) in [6, 6.07) is 3.75. The smallest absolute Gasteiger partial charge is 0.128 e. The number of pyridine rings is 1. The lowest BCUT2D eigenvalue weighted by Gasteiger charge is -2.22. The number of nitrogens with zero attached hydrogens (tertiary/aromatic N) is 2. The fourth-order valence-electron chi connectivity index (χ4n) is 1.56. The van der Waals surface area contributed by atoms with Crippen molar-refractivity contribution in [3.05, 3.63) is 23.9 Å². The van der Waals surface area contributed by atoms with E-state index in [-0.39, 0.29) is 6.61 Å². The molecule has 0 amide bonds. The molecule has 1 heterocycles. The van der Waals surface area contributed by atoms with Crippen LogP contribution in [0.4, 0.5) is 5.82 Å². The fraction of sp³-hybridized carbons (Fsp3) is 0.583. The zero-order valence-corrected chi connectivity index (χ0v) is 9.93. The second kappa shape index (κ2) is 6.45. The minimum Gasteiger partial charge on any atom is -0.395 e. The Morgan fingerprint density at radius 1 is 1.38 bits per heavy atom. The van der Waals surface area contributed by atoms with Crippen molar-refractivity contribution in [2.75, 3.05) is 24.6 Å². The number of hydrogen-bond acceptors (Lipinski definition) is 4. The quantitative estimate of drug-likeness (QED) is 0.765. The van der Waals surface area contributed by atoms with Gasteiger partial charge in [-0.25, -0.2) is 4.98 Å². The lowest BCUT2D eigenvalue weighted by Crippen LogP contribution is -2.28. The molecule has 4 nitrogen and oxygen atoms in total. The van der Waals surface area contributed by atoms with Crippen LogP contribution < -0.4 is 4.90 Å². The predicted octanol–water partition coefficient (Wildman–Crippen LogP) is 1.34. The summed E-state index contributed by atoms with van der Waals surface area (Å²) in [5, 5.41) is 18.3. The highest BCUT2D eigenvalue weighted by Gasteiger charge is 2.07. The molecule has 0 aliphatic rings. The second-order valence-electron chi connectivity index (χ2n) is 3.84. The summed E-state index contributed by atoms with van der Waals surface area (Å²) >= 11 is 0. The van der Waals surface area contributed by atoms with Gasteiger partial charge >= 0.3 is 0 Å². The van der Waals surface area contributed by atoms with E-state index in [1.807, 2.05) is 17.0 Å². The summed E-state index contributed by atoms with van der Waals surface area (Å²) in [5.74, 6) is 0.848. The summed E-state index contributed by atoms with van der Waals surface area (Å²) in [4.78, 5) is 6.33. The van der Waals surface area contributed by atoms with E-state index in [0.717, 1.165) is 24.3 Å². The molecule has 0 aliphatic heterocycles. The van der Waals surface area contributed by atoms with Gasteiger partial charge in [-0.3, -0.25) is 0 Å². The molecule has 0 unspecified atom stereocenters. The zero-order chi connectivity index (χ0) is 12.0. The van der Waals surface area contributed by atoms with Crippen molar-refractivity contribution < 1.29 is 10.2 Å². The van der Waals surface area contributed by atoms with Crippen LogP contribution in [0.1, 0.15) is 31.9 Å². The predicted molar refractivity (Wildman–Crippen MR) is 64.5 cm³/mol. The van der Waals surface area contributed by atoms with E-state index in [9.17, 15) is 5.11 Å². The van der Waals surface area contributed by atoms with Crippen LogP contribution in [0.2, 0.25) is 0 Å². The Labute approximate surface area is 96.6 Å². The van der Waals surface area contributed by atoms with Gasteiger partial charge < -0.3 is 15.1 Å². The van der Waals surface area contributed by atoms with Crippen LogP contribution in [-0.2, 0) is 0 Å². The Balaban J connectivity index is 2.76. The van der Waals surface area contributed by atoms with Crippen molar-refractivity contribution in [1.82, 2.24) is 4.98 Å². The van der Waals surface area contributed by atoms with Gasteiger partial charge in [-0.15, -0.1) is 0 Å². The van der Waals surface area contributed by atoms with E-state index in [4.69, 9.17) is 5.11 Å². The largest absolute Gasteiger partial charge is 0.395 e. The molecule has 4 heteroatoms. The number of aliphatic hydroxyl groups is 2. The van der Waals surface area contributed by atoms with Crippen LogP contribution in [0, 0.1) is 0 Å². The standard InChI is InChI=1S/C12H20N2O2/c1-3-6-14(7-8-15)12-5-4-11(9-13-12)10(2)16/h4-5,9-10,15-16H,3,6-8H2,1-2H3/t10-/m0/s1. The third-order valence-electron chi connectivity index (χ3n) is 2.44. The maximum atomic E-state index is 9.37. The zero-order valence-electron chi connectivity index (χ0n) is 9.93. The molecule has 16 heavy (non-hydrogen) atoms. The molecular weight excluding hydrogens is 204 g/mol. The highest BCUT2D eigenvalue weighted by Crippen LogP contribution is 2.15. The molecule has 0 saturated carbocycles. The molecule has 1 aromatic heterocycles. The minimum absolute atomic E-state index is 0.125. The molecule has 2 N–H and O–H groups in total. The summed E-state index contributed by atoms with van der Waals surface area (Å²) in [5.41, 5.74) is 0.809. The maximum Gasteiger partial charge on any atom is 0.128 e. The van der Waals surface area contributed by atoms with Crippen molar-refractivity contribution in [1.29, 1.82) is 0 Å². The molecule has 1 atom stereocenters. The first kappa shape index (κ1) is 12.9. The second-order valence-corrected chi connectivity index (χ2v) is 3.84. The molecule has 1 aromatic rings. The topological polar surface area (TPSA) is 56.6 Å². The lowest BCUT2D eigenvalue weighted by molar-refractivity contribution is 0.199. The summed E-state index contributed by atoms with van der Waals surface area (Å²) in [6.45, 7) is 5.40. The van der Waals surface area contributed by atoms with Crippen molar-refractivity contribution in [2.24, 2.45) is 0 Å². The first-order valence-electron chi connectivity index (χ1n) is 5.68. The van der Waals surface area contributed by atoms with Crippen LogP contribution in [0.25, 0.3) is 0 Å². The minimum atomic E-state index is -0.487. The van der Waals surface area contributed by atoms with Gasteiger partial charge in [0.1, 0.15) is 5.82 Å². The average molecular weight is 224 g/mol. The van der Waals surface area contributed by atoms with Crippen LogP contribution in [0.3, 0.4) is 0 Å². The first-order chi connectivity index (χ1) is 7.69. The average Bonchev–Trinajstić information content (AvgIpc) is 2.29. The van der Waals surface area contributed by atoms with Crippen LogP contribution in [0.5, 0.6) is 0 Å². The Kier molecular flexibility index (Phi) is 5.22. The van der Waals surface area contributed by atoms with E-state index in [0.29, 0.717) is 6.54 Å². The summed E-state index contributed by atoms with van der Waals surface area (Å²) < 4.78 is 0. The highest BCUT2D eigenvalue weighted by atomic mass is 16.3. The lowest BCUT2D eigenvalue weighted by atomic mass is 10.2.